The van der Waals surface area contributed by atoms with E-state index in [-0.39, 0.29) is 43.6 Å². The Morgan fingerprint density at radius 3 is 2.71 bits per heavy atom. The van der Waals surface area contributed by atoms with Crippen LogP contribution in [0.25, 0.3) is 10.9 Å². The van der Waals surface area contributed by atoms with Crippen LogP contribution in [0.4, 0.5) is 16.5 Å². The molecule has 2 aromatic rings. The van der Waals surface area contributed by atoms with E-state index in [0.717, 1.165) is 11.3 Å². The summed E-state index contributed by atoms with van der Waals surface area (Å²) >= 11 is 6.16. The van der Waals surface area contributed by atoms with Crippen LogP contribution in [-0.4, -0.2) is 17.6 Å². The van der Waals surface area contributed by atoms with Gasteiger partial charge in [0.1, 0.15) is 26.8 Å². The second-order valence-electron chi connectivity index (χ2n) is 3.97. The molecule has 6 N–H and O–H groups in total. The van der Waals surface area contributed by atoms with Gasteiger partial charge in [-0.25, -0.2) is 9.78 Å². The lowest BCUT2D eigenvalue weighted by molar-refractivity contribution is 0.0528. The lowest BCUT2D eigenvalue weighted by Crippen LogP contribution is -2.10. The molecule has 0 saturated heterocycles. The number of carbonyl (C=O) groups excluding carboxylic acids is 1. The van der Waals surface area contributed by atoms with Crippen molar-refractivity contribution in [3.63, 3.8) is 0 Å². The topological polar surface area (TPSA) is 141 Å². The Balaban J connectivity index is 2.99. The van der Waals surface area contributed by atoms with Crippen molar-refractivity contribution in [1.29, 1.82) is 5.26 Å². The van der Waals surface area contributed by atoms with Gasteiger partial charge < -0.3 is 21.9 Å². The van der Waals surface area contributed by atoms with E-state index in [9.17, 15) is 4.79 Å². The Morgan fingerprint density at radius 1 is 1.48 bits per heavy atom. The molecular formula is C12H11N5O2S2. The Bertz CT molecular complexity index is 854. The summed E-state index contributed by atoms with van der Waals surface area (Å²) in [6.45, 7) is 1.86. The second-order valence-corrected chi connectivity index (χ2v) is 5.69. The first-order valence-corrected chi connectivity index (χ1v) is 7.03. The number of ether oxygens (including phenoxy) is 1. The van der Waals surface area contributed by atoms with Crippen molar-refractivity contribution in [2.75, 3.05) is 23.8 Å². The van der Waals surface area contributed by atoms with E-state index in [1.165, 1.54) is 0 Å². The summed E-state index contributed by atoms with van der Waals surface area (Å²) < 4.78 is 5.20. The smallest absolute Gasteiger partial charge is 0.342 e. The molecule has 2 heterocycles. The molecule has 0 aliphatic carbocycles. The number of nitrogen functional groups attached to an aromatic ring is 3. The van der Waals surface area contributed by atoms with Gasteiger partial charge in [0.15, 0.2) is 0 Å². The Hall–Kier alpha value is -2.44. The average molecular weight is 321 g/mol. The van der Waals surface area contributed by atoms with E-state index in [2.05, 4.69) is 4.98 Å². The fraction of sp³-hybridized carbons (Fsp3) is 0.167. The molecule has 0 aliphatic rings. The van der Waals surface area contributed by atoms with Gasteiger partial charge in [0.05, 0.1) is 28.2 Å². The average Bonchev–Trinajstić information content (AvgIpc) is 2.38. The molecule has 0 amide bonds. The quantitative estimate of drug-likeness (QED) is 0.561. The third-order valence-corrected chi connectivity index (χ3v) is 4.01. The largest absolute Gasteiger partial charge is 0.462 e. The molecule has 0 saturated carbocycles. The molecule has 2 aromatic heterocycles. The van der Waals surface area contributed by atoms with Gasteiger partial charge in [0.25, 0.3) is 0 Å². The molecular weight excluding hydrogens is 310 g/mol. The van der Waals surface area contributed by atoms with Crippen LogP contribution in [0.3, 0.4) is 0 Å². The monoisotopic (exact) mass is 321 g/mol. The second kappa shape index (κ2) is 5.51. The maximum Gasteiger partial charge on any atom is 0.342 e. The van der Waals surface area contributed by atoms with Crippen LogP contribution in [0.5, 0.6) is 0 Å². The predicted octanol–water partition coefficient (Wildman–Crippen LogP) is 1.82. The number of hydrogen-bond acceptors (Lipinski definition) is 9. The number of nitrogens with zero attached hydrogens (tertiary/aromatic N) is 2. The van der Waals surface area contributed by atoms with Crippen molar-refractivity contribution in [2.45, 2.75) is 6.92 Å². The summed E-state index contributed by atoms with van der Waals surface area (Å²) in [5.41, 5.74) is 17.9. The molecule has 0 aromatic carbocycles. The summed E-state index contributed by atoms with van der Waals surface area (Å²) in [6.07, 6.45) is 0. The first-order chi connectivity index (χ1) is 9.92. The molecule has 2 rings (SSSR count). The summed E-state index contributed by atoms with van der Waals surface area (Å²) in [5.74, 6) is -0.710. The number of anilines is 3. The molecule has 7 nitrogen and oxygen atoms in total. The molecule has 108 valence electrons. The van der Waals surface area contributed by atoms with Gasteiger partial charge in [-0.3, -0.25) is 0 Å². The number of nitrogens with two attached hydrogens (primary N) is 3. The maximum absolute atomic E-state index is 12.1. The van der Waals surface area contributed by atoms with Crippen LogP contribution in [0.2, 0.25) is 0 Å². The highest BCUT2D eigenvalue weighted by Crippen LogP contribution is 2.36. The molecule has 0 spiro atoms. The van der Waals surface area contributed by atoms with E-state index in [0.29, 0.717) is 5.39 Å². The molecule has 21 heavy (non-hydrogen) atoms. The van der Waals surface area contributed by atoms with Crippen molar-refractivity contribution in [3.05, 3.63) is 15.0 Å². The van der Waals surface area contributed by atoms with E-state index in [1.807, 2.05) is 6.07 Å². The van der Waals surface area contributed by atoms with Crippen LogP contribution in [0.15, 0.2) is 0 Å². The minimum absolute atomic E-state index is 0.0216. The molecule has 0 fully saturated rings. The van der Waals surface area contributed by atoms with Gasteiger partial charge in [0, 0.05) is 0 Å². The fourth-order valence-corrected chi connectivity index (χ4v) is 3.09. The number of fused-ring (bicyclic) bond motifs is 1. The van der Waals surface area contributed by atoms with Crippen LogP contribution in [0.1, 0.15) is 22.8 Å². The number of carbonyl (C=O) groups is 1. The van der Waals surface area contributed by atoms with Gasteiger partial charge in [0.2, 0.25) is 0 Å². The van der Waals surface area contributed by atoms with E-state index in [4.69, 9.17) is 39.4 Å². The molecule has 9 heteroatoms. The Morgan fingerprint density at radius 2 is 2.14 bits per heavy atom. The number of nitriles is 1. The van der Waals surface area contributed by atoms with E-state index < -0.39 is 5.97 Å². The summed E-state index contributed by atoms with van der Waals surface area (Å²) in [5, 5.41) is 9.63. The molecule has 0 unspecified atom stereocenters. The molecule has 0 atom stereocenters. The predicted molar refractivity (Wildman–Crippen MR) is 84.4 cm³/mol. The highest BCUT2D eigenvalue weighted by molar-refractivity contribution is 7.73. The molecule has 0 radical (unpaired) electrons. The highest BCUT2D eigenvalue weighted by atomic mass is 32.1. The maximum atomic E-state index is 12.1. The van der Waals surface area contributed by atoms with Crippen molar-refractivity contribution in [3.8, 4) is 6.07 Å². The number of rotatable bonds is 2. The van der Waals surface area contributed by atoms with Crippen molar-refractivity contribution in [2.24, 2.45) is 0 Å². The van der Waals surface area contributed by atoms with Crippen molar-refractivity contribution in [1.82, 2.24) is 4.98 Å². The molecule has 0 bridgehead atoms. The number of aromatic nitrogens is 1. The zero-order chi connectivity index (χ0) is 15.7. The van der Waals surface area contributed by atoms with Crippen molar-refractivity contribution >= 4 is 56.9 Å². The fourth-order valence-electron chi connectivity index (χ4n) is 1.85. The van der Waals surface area contributed by atoms with Crippen LogP contribution >= 0.6 is 23.6 Å². The third-order valence-electron chi connectivity index (χ3n) is 2.75. The van der Waals surface area contributed by atoms with Gasteiger partial charge in [-0.15, -0.1) is 11.3 Å². The van der Waals surface area contributed by atoms with Gasteiger partial charge in [-0.05, 0) is 6.92 Å². The number of esters is 1. The summed E-state index contributed by atoms with van der Waals surface area (Å²) in [6, 6.07) is 1.87. The Kier molecular flexibility index (Phi) is 3.93. The molecule has 0 aliphatic heterocycles. The van der Waals surface area contributed by atoms with Gasteiger partial charge >= 0.3 is 5.97 Å². The lowest BCUT2D eigenvalue weighted by Gasteiger charge is -2.11. The lowest BCUT2D eigenvalue weighted by atomic mass is 10.1. The van der Waals surface area contributed by atoms with Crippen LogP contribution in [-0.2, 0) is 4.74 Å². The first kappa shape index (κ1) is 15.0. The van der Waals surface area contributed by atoms with Crippen LogP contribution in [0, 0.1) is 15.2 Å². The third kappa shape index (κ3) is 2.35. The van der Waals surface area contributed by atoms with Gasteiger partial charge in [-0.1, -0.05) is 12.2 Å². The normalized spacial score (nSPS) is 10.3. The number of pyridine rings is 1. The minimum atomic E-state index is -0.625. The van der Waals surface area contributed by atoms with E-state index in [1.54, 1.807) is 6.92 Å². The summed E-state index contributed by atoms with van der Waals surface area (Å²) in [7, 11) is 0. The van der Waals surface area contributed by atoms with E-state index >= 15 is 0 Å². The van der Waals surface area contributed by atoms with Crippen molar-refractivity contribution < 1.29 is 9.53 Å². The first-order valence-electron chi connectivity index (χ1n) is 5.80. The SMILES string of the molecule is CCOC(=O)c1c(=S)sc(N)c2c(N)c(C#N)c(N)nc12. The van der Waals surface area contributed by atoms with Gasteiger partial charge in [-0.2, -0.15) is 5.26 Å². The van der Waals surface area contributed by atoms with Crippen LogP contribution < -0.4 is 17.2 Å². The zero-order valence-corrected chi connectivity index (χ0v) is 12.6. The standard InChI is InChI=1S/C12H11N5O2S2/c1-2-19-11(18)6-8-5(10(16)21-12(6)20)7(14)4(3-13)9(15)17-8/h2,14,16H2,1H3,(H2,15,17). The Labute approximate surface area is 128 Å². The minimum Gasteiger partial charge on any atom is -0.462 e. The zero-order valence-electron chi connectivity index (χ0n) is 11.0. The number of hydrogen-bond donors (Lipinski definition) is 3. The highest BCUT2D eigenvalue weighted by Gasteiger charge is 2.22. The summed E-state index contributed by atoms with van der Waals surface area (Å²) in [4.78, 5) is 16.1.